The Morgan fingerprint density at radius 2 is 1.83 bits per heavy atom. The van der Waals surface area contributed by atoms with Crippen molar-refractivity contribution < 1.29 is 4.79 Å². The average molecular weight is 399 g/mol. The Morgan fingerprint density at radius 1 is 1.00 bits per heavy atom. The molecule has 0 spiro atoms. The first-order valence-electron chi connectivity index (χ1n) is 9.98. The number of carbonyl (C=O) groups excluding carboxylic acids is 1. The van der Waals surface area contributed by atoms with Crippen LogP contribution in [0.3, 0.4) is 0 Å². The zero-order valence-electron chi connectivity index (χ0n) is 16.3. The number of hydrogen-bond acceptors (Lipinski definition) is 6. The van der Waals surface area contributed by atoms with Crippen molar-refractivity contribution in [3.63, 3.8) is 0 Å². The summed E-state index contributed by atoms with van der Waals surface area (Å²) in [6.45, 7) is 1.54. The molecule has 8 heteroatoms. The van der Waals surface area contributed by atoms with Gasteiger partial charge in [0.15, 0.2) is 0 Å². The van der Waals surface area contributed by atoms with Crippen LogP contribution in [0.5, 0.6) is 0 Å². The minimum atomic E-state index is -0.0322. The second kappa shape index (κ2) is 7.90. The third-order valence-corrected chi connectivity index (χ3v) is 5.49. The van der Waals surface area contributed by atoms with Crippen molar-refractivity contribution in [2.24, 2.45) is 5.92 Å². The van der Waals surface area contributed by atoms with Crippen LogP contribution in [-0.4, -0.2) is 43.5 Å². The largest absolute Gasteiger partial charge is 0.356 e. The fraction of sp³-hybridized carbons (Fsp3) is 0.227. The van der Waals surface area contributed by atoms with Crippen molar-refractivity contribution >= 4 is 28.3 Å². The summed E-state index contributed by atoms with van der Waals surface area (Å²) in [5, 5.41) is 4.10. The summed E-state index contributed by atoms with van der Waals surface area (Å²) < 4.78 is 1.85. The Kier molecular flexibility index (Phi) is 4.80. The summed E-state index contributed by atoms with van der Waals surface area (Å²) in [6, 6.07) is 11.7. The molecule has 30 heavy (non-hydrogen) atoms. The summed E-state index contributed by atoms with van der Waals surface area (Å²) in [4.78, 5) is 32.3. The second-order valence-corrected chi connectivity index (χ2v) is 7.34. The van der Waals surface area contributed by atoms with Crippen LogP contribution in [-0.2, 0) is 4.79 Å². The van der Waals surface area contributed by atoms with E-state index in [9.17, 15) is 4.79 Å². The molecule has 1 aromatic carbocycles. The summed E-state index contributed by atoms with van der Waals surface area (Å²) in [7, 11) is 0. The van der Waals surface area contributed by atoms with E-state index in [1.807, 2.05) is 47.2 Å². The first-order valence-corrected chi connectivity index (χ1v) is 9.98. The molecule has 3 aromatic heterocycles. The highest BCUT2D eigenvalue weighted by atomic mass is 16.1. The highest BCUT2D eigenvalue weighted by molar-refractivity contribution is 6.01. The van der Waals surface area contributed by atoms with Crippen molar-refractivity contribution in [2.75, 3.05) is 23.3 Å². The van der Waals surface area contributed by atoms with Gasteiger partial charge in [-0.1, -0.05) is 18.2 Å². The van der Waals surface area contributed by atoms with E-state index in [-0.39, 0.29) is 11.8 Å². The predicted octanol–water partition coefficient (Wildman–Crippen LogP) is 3.07. The Labute approximate surface area is 173 Å². The van der Waals surface area contributed by atoms with Crippen LogP contribution in [0, 0.1) is 5.92 Å². The van der Waals surface area contributed by atoms with Crippen LogP contribution in [0.25, 0.3) is 16.7 Å². The molecule has 0 bridgehead atoms. The van der Waals surface area contributed by atoms with Crippen LogP contribution >= 0.6 is 0 Å². The number of fused-ring (bicyclic) bond motifs is 1. The number of amides is 1. The summed E-state index contributed by atoms with van der Waals surface area (Å²) >= 11 is 0. The minimum Gasteiger partial charge on any atom is -0.356 e. The van der Waals surface area contributed by atoms with E-state index in [0.717, 1.165) is 54.2 Å². The molecule has 1 aliphatic rings. The van der Waals surface area contributed by atoms with Gasteiger partial charge in [-0.2, -0.15) is 0 Å². The van der Waals surface area contributed by atoms with Gasteiger partial charge in [0.05, 0.1) is 11.2 Å². The lowest BCUT2D eigenvalue weighted by Gasteiger charge is -2.32. The molecule has 0 aliphatic carbocycles. The van der Waals surface area contributed by atoms with E-state index in [2.05, 4.69) is 30.2 Å². The molecule has 1 aliphatic heterocycles. The molecule has 0 saturated carbocycles. The Hall–Kier alpha value is -3.81. The highest BCUT2D eigenvalue weighted by Crippen LogP contribution is 2.26. The van der Waals surface area contributed by atoms with E-state index in [1.54, 1.807) is 25.0 Å². The van der Waals surface area contributed by atoms with Crippen LogP contribution in [0.15, 0.2) is 67.6 Å². The van der Waals surface area contributed by atoms with Gasteiger partial charge in [-0.3, -0.25) is 14.3 Å². The number of imidazole rings is 1. The minimum absolute atomic E-state index is 0.0322. The van der Waals surface area contributed by atoms with E-state index in [0.29, 0.717) is 0 Å². The van der Waals surface area contributed by atoms with Crippen molar-refractivity contribution in [3.8, 4) is 5.82 Å². The van der Waals surface area contributed by atoms with Crippen LogP contribution in [0.4, 0.5) is 11.5 Å². The molecule has 1 amide bonds. The van der Waals surface area contributed by atoms with Crippen LogP contribution < -0.4 is 10.2 Å². The maximum Gasteiger partial charge on any atom is 0.227 e. The Balaban J connectivity index is 1.25. The van der Waals surface area contributed by atoms with Gasteiger partial charge in [0.25, 0.3) is 0 Å². The number of benzene rings is 1. The SMILES string of the molecule is O=C(Nc1cccc2cccnc12)C1CCN(c2cc(-n3ccnc3)ncn2)CC1. The van der Waals surface area contributed by atoms with Crippen LogP contribution in [0.2, 0.25) is 0 Å². The number of carbonyl (C=O) groups is 1. The van der Waals surface area contributed by atoms with Gasteiger partial charge in [0, 0.05) is 49.1 Å². The van der Waals surface area contributed by atoms with Gasteiger partial charge in [-0.05, 0) is 25.0 Å². The summed E-state index contributed by atoms with van der Waals surface area (Å²) in [5.41, 5.74) is 1.58. The smallest absolute Gasteiger partial charge is 0.227 e. The Bertz CT molecular complexity index is 1160. The van der Waals surface area contributed by atoms with E-state index in [1.165, 1.54) is 0 Å². The topological polar surface area (TPSA) is 88.8 Å². The third kappa shape index (κ3) is 3.59. The maximum atomic E-state index is 12.9. The first kappa shape index (κ1) is 18.2. The molecule has 5 rings (SSSR count). The number of hydrogen-bond donors (Lipinski definition) is 1. The zero-order valence-corrected chi connectivity index (χ0v) is 16.3. The average Bonchev–Trinajstić information content (AvgIpc) is 3.35. The number of nitrogens with one attached hydrogen (secondary N) is 1. The lowest BCUT2D eigenvalue weighted by atomic mass is 9.95. The molecule has 8 nitrogen and oxygen atoms in total. The third-order valence-electron chi connectivity index (χ3n) is 5.49. The number of para-hydroxylation sites is 1. The summed E-state index contributed by atoms with van der Waals surface area (Å²) in [5.74, 6) is 1.66. The molecule has 0 atom stereocenters. The van der Waals surface area contributed by atoms with E-state index < -0.39 is 0 Å². The van der Waals surface area contributed by atoms with E-state index >= 15 is 0 Å². The van der Waals surface area contributed by atoms with Crippen molar-refractivity contribution in [2.45, 2.75) is 12.8 Å². The molecule has 150 valence electrons. The van der Waals surface area contributed by atoms with Gasteiger partial charge in [-0.15, -0.1) is 0 Å². The first-order chi connectivity index (χ1) is 14.8. The maximum absolute atomic E-state index is 12.9. The molecular weight excluding hydrogens is 378 g/mol. The second-order valence-electron chi connectivity index (χ2n) is 7.34. The monoisotopic (exact) mass is 399 g/mol. The van der Waals surface area contributed by atoms with Crippen molar-refractivity contribution in [1.82, 2.24) is 24.5 Å². The number of pyridine rings is 1. The number of anilines is 2. The van der Waals surface area contributed by atoms with Crippen molar-refractivity contribution in [3.05, 3.63) is 67.6 Å². The molecule has 1 N–H and O–H groups in total. The molecule has 0 unspecified atom stereocenters. The number of aromatic nitrogens is 5. The lowest BCUT2D eigenvalue weighted by molar-refractivity contribution is -0.120. The normalized spacial score (nSPS) is 14.7. The van der Waals surface area contributed by atoms with Crippen molar-refractivity contribution in [1.29, 1.82) is 0 Å². The highest BCUT2D eigenvalue weighted by Gasteiger charge is 2.26. The van der Waals surface area contributed by atoms with Gasteiger partial charge in [-0.25, -0.2) is 15.0 Å². The number of nitrogens with zero attached hydrogens (tertiary/aromatic N) is 6. The quantitative estimate of drug-likeness (QED) is 0.567. The lowest BCUT2D eigenvalue weighted by Crippen LogP contribution is -2.38. The van der Waals surface area contributed by atoms with Crippen LogP contribution in [0.1, 0.15) is 12.8 Å². The number of piperidine rings is 1. The van der Waals surface area contributed by atoms with Gasteiger partial charge in [0.1, 0.15) is 24.3 Å². The Morgan fingerprint density at radius 3 is 2.67 bits per heavy atom. The molecule has 1 fully saturated rings. The van der Waals surface area contributed by atoms with E-state index in [4.69, 9.17) is 0 Å². The zero-order chi connectivity index (χ0) is 20.3. The number of rotatable bonds is 4. The molecule has 4 heterocycles. The molecule has 4 aromatic rings. The summed E-state index contributed by atoms with van der Waals surface area (Å²) in [6.07, 6.45) is 10.1. The molecule has 0 radical (unpaired) electrons. The van der Waals surface area contributed by atoms with Gasteiger partial charge < -0.3 is 10.2 Å². The molecule has 1 saturated heterocycles. The van der Waals surface area contributed by atoms with Gasteiger partial charge >= 0.3 is 0 Å². The standard InChI is InChI=1S/C22H21N7O/c30-22(27-18-5-1-3-16-4-2-8-24-21(16)18)17-6-10-28(11-7-17)19-13-20(26-14-25-19)29-12-9-23-15-29/h1-5,8-9,12-15,17H,6-7,10-11H2,(H,27,30). The molecular formula is C22H21N7O. The van der Waals surface area contributed by atoms with Gasteiger partial charge in [0.2, 0.25) is 5.91 Å². The fourth-order valence-corrected chi connectivity index (χ4v) is 3.86. The predicted molar refractivity (Wildman–Crippen MR) is 114 cm³/mol. The fourth-order valence-electron chi connectivity index (χ4n) is 3.86.